The maximum Gasteiger partial charge on any atom is 0.255 e. The predicted octanol–water partition coefficient (Wildman–Crippen LogP) is 5.81. The Labute approximate surface area is 171 Å². The number of aromatic nitrogens is 4. The van der Waals surface area contributed by atoms with Crippen LogP contribution in [0.4, 0.5) is 5.82 Å². The first-order valence-corrected chi connectivity index (χ1v) is 9.28. The average Bonchev–Trinajstić information content (AvgIpc) is 2.99. The lowest BCUT2D eigenvalue weighted by atomic mass is 10.1. The Morgan fingerprint density at radius 2 is 1.81 bits per heavy atom. The summed E-state index contributed by atoms with van der Waals surface area (Å²) in [5, 5.41) is 5.71. The van der Waals surface area contributed by atoms with Crippen molar-refractivity contribution in [3.63, 3.8) is 0 Å². The molecule has 3 rings (SSSR count). The number of anilines is 1. The molecular weight excluding hydrogens is 416 g/mol. The minimum absolute atomic E-state index is 0.229. The van der Waals surface area contributed by atoms with E-state index >= 15 is 0 Å². The van der Waals surface area contributed by atoms with Crippen LogP contribution in [-0.2, 0) is 0 Å². The third-order valence-electron chi connectivity index (χ3n) is 3.76. The summed E-state index contributed by atoms with van der Waals surface area (Å²) >= 11 is 25.5. The van der Waals surface area contributed by atoms with Crippen LogP contribution in [0, 0.1) is 0 Å². The van der Waals surface area contributed by atoms with Crippen molar-refractivity contribution in [2.24, 2.45) is 0 Å². The molecule has 0 unspecified atom stereocenters. The van der Waals surface area contributed by atoms with Crippen molar-refractivity contribution in [1.29, 1.82) is 0 Å². The third-order valence-corrected chi connectivity index (χ3v) is 4.85. The SMILES string of the molecule is C=C(C)CN(CC)c1c(-c2c(Cl)cc(Cl)cc2Cl)c(Cl)nc2ncnn12. The standard InChI is InChI=1S/C17H15Cl4N5/c1-4-25(7-9(2)3)16-14(13-11(19)5-10(18)6-12(13)20)15(21)24-17-22-8-23-26(16)17/h5-6,8H,2,4,7H2,1,3H3. The van der Waals surface area contributed by atoms with E-state index in [1.807, 2.05) is 13.8 Å². The molecule has 0 bridgehead atoms. The van der Waals surface area contributed by atoms with Crippen LogP contribution in [0.5, 0.6) is 0 Å². The van der Waals surface area contributed by atoms with Crippen LogP contribution in [0.1, 0.15) is 13.8 Å². The Morgan fingerprint density at radius 3 is 2.38 bits per heavy atom. The average molecular weight is 431 g/mol. The highest BCUT2D eigenvalue weighted by molar-refractivity contribution is 6.43. The molecule has 5 nitrogen and oxygen atoms in total. The Bertz CT molecular complexity index is 975. The molecule has 26 heavy (non-hydrogen) atoms. The lowest BCUT2D eigenvalue weighted by Crippen LogP contribution is -2.28. The Balaban J connectivity index is 2.40. The molecule has 0 fully saturated rings. The number of likely N-dealkylation sites (N-methyl/N-ethyl adjacent to an activating group) is 1. The molecule has 2 aromatic heterocycles. The van der Waals surface area contributed by atoms with Crippen LogP contribution in [0.3, 0.4) is 0 Å². The van der Waals surface area contributed by atoms with Gasteiger partial charge in [0.05, 0.1) is 15.6 Å². The smallest absolute Gasteiger partial charge is 0.255 e. The Kier molecular flexibility index (Phi) is 5.63. The summed E-state index contributed by atoms with van der Waals surface area (Å²) in [7, 11) is 0. The summed E-state index contributed by atoms with van der Waals surface area (Å²) in [4.78, 5) is 10.5. The van der Waals surface area contributed by atoms with E-state index in [2.05, 4.69) is 26.5 Å². The quantitative estimate of drug-likeness (QED) is 0.378. The molecule has 2 heterocycles. The summed E-state index contributed by atoms with van der Waals surface area (Å²) in [5.74, 6) is 1.07. The van der Waals surface area contributed by atoms with Gasteiger partial charge in [-0.1, -0.05) is 58.6 Å². The van der Waals surface area contributed by atoms with Gasteiger partial charge in [-0.15, -0.1) is 0 Å². The molecule has 0 aliphatic carbocycles. The predicted molar refractivity (Wildman–Crippen MR) is 109 cm³/mol. The van der Waals surface area contributed by atoms with E-state index in [4.69, 9.17) is 46.4 Å². The zero-order valence-electron chi connectivity index (χ0n) is 14.1. The van der Waals surface area contributed by atoms with E-state index in [9.17, 15) is 0 Å². The first kappa shape index (κ1) is 19.2. The number of hydrogen-bond donors (Lipinski definition) is 0. The van der Waals surface area contributed by atoms with Crippen LogP contribution in [0.2, 0.25) is 20.2 Å². The second-order valence-corrected chi connectivity index (χ2v) is 7.40. The Morgan fingerprint density at radius 1 is 1.15 bits per heavy atom. The maximum absolute atomic E-state index is 6.53. The first-order valence-electron chi connectivity index (χ1n) is 7.77. The topological polar surface area (TPSA) is 46.3 Å². The van der Waals surface area contributed by atoms with Gasteiger partial charge in [0.2, 0.25) is 0 Å². The van der Waals surface area contributed by atoms with Crippen molar-refractivity contribution in [3.8, 4) is 11.1 Å². The number of nitrogens with zero attached hydrogens (tertiary/aromatic N) is 5. The van der Waals surface area contributed by atoms with Gasteiger partial charge in [0.1, 0.15) is 17.3 Å². The highest BCUT2D eigenvalue weighted by Crippen LogP contribution is 2.44. The van der Waals surface area contributed by atoms with Crippen LogP contribution in [0.25, 0.3) is 16.9 Å². The van der Waals surface area contributed by atoms with E-state index in [-0.39, 0.29) is 5.15 Å². The largest absolute Gasteiger partial charge is 0.352 e. The van der Waals surface area contributed by atoms with Crippen LogP contribution >= 0.6 is 46.4 Å². The van der Waals surface area contributed by atoms with Gasteiger partial charge in [0.15, 0.2) is 0 Å². The van der Waals surface area contributed by atoms with Crippen molar-refractivity contribution in [3.05, 3.63) is 50.8 Å². The molecule has 0 saturated heterocycles. The second kappa shape index (κ2) is 7.61. The van der Waals surface area contributed by atoms with E-state index in [1.54, 1.807) is 16.6 Å². The molecule has 1 aromatic carbocycles. The molecule has 0 radical (unpaired) electrons. The number of hydrogen-bond acceptors (Lipinski definition) is 4. The molecule has 0 aliphatic rings. The third kappa shape index (κ3) is 3.49. The summed E-state index contributed by atoms with van der Waals surface area (Å²) in [6.45, 7) is 9.25. The van der Waals surface area contributed by atoms with E-state index < -0.39 is 0 Å². The first-order chi connectivity index (χ1) is 12.3. The van der Waals surface area contributed by atoms with Crippen molar-refractivity contribution in [2.75, 3.05) is 18.0 Å². The van der Waals surface area contributed by atoms with Crippen LogP contribution < -0.4 is 4.90 Å². The highest BCUT2D eigenvalue weighted by Gasteiger charge is 2.25. The van der Waals surface area contributed by atoms with Gasteiger partial charge in [-0.3, -0.25) is 0 Å². The van der Waals surface area contributed by atoms with Crippen LogP contribution in [-0.4, -0.2) is 32.7 Å². The molecule has 0 atom stereocenters. The molecule has 0 N–H and O–H groups in total. The fourth-order valence-electron chi connectivity index (χ4n) is 2.75. The summed E-state index contributed by atoms with van der Waals surface area (Å²) in [5.41, 5.74) is 2.09. The molecule has 0 aliphatic heterocycles. The van der Waals surface area contributed by atoms with Gasteiger partial charge in [-0.2, -0.15) is 19.6 Å². The minimum atomic E-state index is 0.229. The molecule has 0 saturated carbocycles. The van der Waals surface area contributed by atoms with Gasteiger partial charge in [-0.05, 0) is 26.0 Å². The normalized spacial score (nSPS) is 11.2. The number of halogens is 4. The van der Waals surface area contributed by atoms with E-state index in [1.165, 1.54) is 6.33 Å². The van der Waals surface area contributed by atoms with Crippen molar-refractivity contribution < 1.29 is 0 Å². The minimum Gasteiger partial charge on any atom is -0.352 e. The van der Waals surface area contributed by atoms with Gasteiger partial charge < -0.3 is 4.90 Å². The lowest BCUT2D eigenvalue weighted by Gasteiger charge is -2.27. The molecule has 3 aromatic rings. The fraction of sp³-hybridized carbons (Fsp3) is 0.235. The summed E-state index contributed by atoms with van der Waals surface area (Å²) in [6.07, 6.45) is 1.42. The molecule has 0 amide bonds. The van der Waals surface area contributed by atoms with Gasteiger partial charge in [-0.25, -0.2) is 0 Å². The highest BCUT2D eigenvalue weighted by atomic mass is 35.5. The molecular formula is C17H15Cl4N5. The molecule has 0 spiro atoms. The van der Waals surface area contributed by atoms with Gasteiger partial charge in [0, 0.05) is 23.7 Å². The fourth-order valence-corrected chi connectivity index (χ4v) is 4.01. The zero-order valence-corrected chi connectivity index (χ0v) is 17.1. The van der Waals surface area contributed by atoms with E-state index in [0.717, 1.165) is 5.57 Å². The van der Waals surface area contributed by atoms with Crippen molar-refractivity contribution in [1.82, 2.24) is 19.6 Å². The summed E-state index contributed by atoms with van der Waals surface area (Å²) < 4.78 is 1.62. The number of rotatable bonds is 5. The van der Waals surface area contributed by atoms with Crippen molar-refractivity contribution in [2.45, 2.75) is 13.8 Å². The van der Waals surface area contributed by atoms with Gasteiger partial charge >= 0.3 is 0 Å². The number of fused-ring (bicyclic) bond motifs is 1. The monoisotopic (exact) mass is 429 g/mol. The summed E-state index contributed by atoms with van der Waals surface area (Å²) in [6, 6.07) is 3.23. The molecule has 9 heteroatoms. The van der Waals surface area contributed by atoms with E-state index in [0.29, 0.717) is 50.9 Å². The van der Waals surface area contributed by atoms with Gasteiger partial charge in [0.25, 0.3) is 5.78 Å². The second-order valence-electron chi connectivity index (χ2n) is 5.79. The molecule has 136 valence electrons. The number of benzene rings is 1. The lowest BCUT2D eigenvalue weighted by molar-refractivity contribution is 0.811. The maximum atomic E-state index is 6.53. The van der Waals surface area contributed by atoms with Crippen LogP contribution in [0.15, 0.2) is 30.6 Å². The zero-order chi connectivity index (χ0) is 19.0. The van der Waals surface area contributed by atoms with Crippen molar-refractivity contribution >= 4 is 58.0 Å². The Hall–Kier alpha value is -1.53.